The predicted molar refractivity (Wildman–Crippen MR) is 84.9 cm³/mol. The number of nitrogens with one attached hydrogen (secondary N) is 2. The van der Waals surface area contributed by atoms with Crippen LogP contribution in [0.25, 0.3) is 0 Å². The number of nitrogens with zero attached hydrogens (tertiary/aromatic N) is 2. The van der Waals surface area contributed by atoms with Crippen molar-refractivity contribution in [3.8, 4) is 0 Å². The van der Waals surface area contributed by atoms with Gasteiger partial charge in [0.05, 0.1) is 12.4 Å². The van der Waals surface area contributed by atoms with E-state index in [1.165, 1.54) is 12.4 Å². The van der Waals surface area contributed by atoms with Gasteiger partial charge in [0.25, 0.3) is 5.91 Å². The summed E-state index contributed by atoms with van der Waals surface area (Å²) >= 11 is 6.02. The van der Waals surface area contributed by atoms with Gasteiger partial charge in [-0.1, -0.05) is 23.7 Å². The maximum atomic E-state index is 12.0. The second-order valence-corrected chi connectivity index (χ2v) is 4.78. The van der Waals surface area contributed by atoms with Gasteiger partial charge in [0.2, 0.25) is 0 Å². The molecule has 0 aliphatic rings. The Hall–Kier alpha value is -2.40. The highest BCUT2D eigenvalue weighted by molar-refractivity contribution is 6.31. The van der Waals surface area contributed by atoms with E-state index in [0.717, 1.165) is 5.56 Å². The van der Waals surface area contributed by atoms with Crippen molar-refractivity contribution in [3.05, 3.63) is 59.5 Å². The van der Waals surface area contributed by atoms with Crippen molar-refractivity contribution in [2.24, 2.45) is 0 Å². The third-order valence-electron chi connectivity index (χ3n) is 2.74. The summed E-state index contributed by atoms with van der Waals surface area (Å²) in [6, 6.07) is 5.32. The molecule has 1 aromatic carbocycles. The van der Waals surface area contributed by atoms with Crippen molar-refractivity contribution >= 4 is 29.0 Å². The number of hydrogen-bond acceptors (Lipinski definition) is 4. The Labute approximate surface area is 128 Å². The molecule has 0 atom stereocenters. The maximum absolute atomic E-state index is 12.0. The summed E-state index contributed by atoms with van der Waals surface area (Å²) < 4.78 is 0. The second-order valence-electron chi connectivity index (χ2n) is 4.37. The quantitative estimate of drug-likeness (QED) is 0.832. The molecule has 1 aromatic heterocycles. The lowest BCUT2D eigenvalue weighted by Gasteiger charge is -2.07. The van der Waals surface area contributed by atoms with Crippen LogP contribution in [0.2, 0.25) is 5.02 Å². The van der Waals surface area contributed by atoms with Crippen LogP contribution in [0, 0.1) is 6.92 Å². The van der Waals surface area contributed by atoms with Gasteiger partial charge in [-0.05, 0) is 24.6 Å². The molecule has 21 heavy (non-hydrogen) atoms. The van der Waals surface area contributed by atoms with Crippen LogP contribution < -0.4 is 10.6 Å². The van der Waals surface area contributed by atoms with E-state index in [1.54, 1.807) is 18.2 Å². The highest BCUT2D eigenvalue weighted by Gasteiger charge is 2.09. The van der Waals surface area contributed by atoms with Gasteiger partial charge < -0.3 is 10.6 Å². The van der Waals surface area contributed by atoms with Gasteiger partial charge in [-0.15, -0.1) is 6.58 Å². The van der Waals surface area contributed by atoms with Gasteiger partial charge in [-0.3, -0.25) is 4.79 Å². The van der Waals surface area contributed by atoms with Crippen LogP contribution in [-0.2, 0) is 0 Å². The van der Waals surface area contributed by atoms with Crippen molar-refractivity contribution in [1.82, 2.24) is 9.97 Å². The fraction of sp³-hybridized carbons (Fsp3) is 0.133. The molecule has 6 heteroatoms. The third kappa shape index (κ3) is 4.03. The van der Waals surface area contributed by atoms with E-state index in [1.807, 2.05) is 13.0 Å². The molecular weight excluding hydrogens is 288 g/mol. The zero-order chi connectivity index (χ0) is 15.2. The van der Waals surface area contributed by atoms with E-state index in [-0.39, 0.29) is 11.6 Å². The molecule has 0 aliphatic carbocycles. The molecule has 2 N–H and O–H groups in total. The average Bonchev–Trinajstić information content (AvgIpc) is 2.49. The molecule has 5 nitrogen and oxygen atoms in total. The van der Waals surface area contributed by atoms with Crippen molar-refractivity contribution < 1.29 is 4.79 Å². The molecular formula is C15H15ClN4O. The molecule has 0 saturated heterocycles. The van der Waals surface area contributed by atoms with E-state index >= 15 is 0 Å². The Morgan fingerprint density at radius 2 is 2.19 bits per heavy atom. The van der Waals surface area contributed by atoms with Crippen LogP contribution >= 0.6 is 11.6 Å². The highest BCUT2D eigenvalue weighted by atomic mass is 35.5. The van der Waals surface area contributed by atoms with Gasteiger partial charge in [0.15, 0.2) is 0 Å². The molecule has 0 fully saturated rings. The van der Waals surface area contributed by atoms with E-state index in [4.69, 9.17) is 11.6 Å². The SMILES string of the molecule is C=CCNc1cnc(C(=O)Nc2ccc(C)c(Cl)c2)cn1. The number of carbonyl (C=O) groups is 1. The first-order chi connectivity index (χ1) is 10.1. The zero-order valence-electron chi connectivity index (χ0n) is 11.6. The Balaban J connectivity index is 2.05. The lowest BCUT2D eigenvalue weighted by molar-refractivity contribution is 0.102. The van der Waals surface area contributed by atoms with Crippen molar-refractivity contribution in [1.29, 1.82) is 0 Å². The number of hydrogen-bond donors (Lipinski definition) is 2. The first kappa shape index (κ1) is 15.0. The summed E-state index contributed by atoms with van der Waals surface area (Å²) in [5.41, 5.74) is 1.80. The fourth-order valence-corrected chi connectivity index (χ4v) is 1.76. The molecule has 0 saturated carbocycles. The minimum atomic E-state index is -0.335. The Kier molecular flexibility index (Phi) is 4.90. The van der Waals surface area contributed by atoms with Crippen molar-refractivity contribution in [2.75, 3.05) is 17.2 Å². The largest absolute Gasteiger partial charge is 0.365 e. The molecule has 0 aliphatic heterocycles. The summed E-state index contributed by atoms with van der Waals surface area (Å²) in [5, 5.41) is 6.31. The monoisotopic (exact) mass is 302 g/mol. The van der Waals surface area contributed by atoms with Crippen LogP contribution in [0.15, 0.2) is 43.2 Å². The van der Waals surface area contributed by atoms with Crippen LogP contribution in [0.1, 0.15) is 16.1 Å². The Morgan fingerprint density at radius 1 is 1.38 bits per heavy atom. The van der Waals surface area contributed by atoms with E-state index in [9.17, 15) is 4.79 Å². The summed E-state index contributed by atoms with van der Waals surface area (Å²) in [6.07, 6.45) is 4.63. The van der Waals surface area contributed by atoms with Gasteiger partial charge in [0.1, 0.15) is 11.5 Å². The standard InChI is InChI=1S/C15H15ClN4O/c1-3-6-17-14-9-18-13(8-19-14)15(21)20-11-5-4-10(2)12(16)7-11/h3-5,7-9H,1,6H2,2H3,(H,17,19)(H,20,21). The molecule has 0 spiro atoms. The molecule has 1 amide bonds. The van der Waals surface area contributed by atoms with E-state index in [2.05, 4.69) is 27.2 Å². The number of benzene rings is 1. The van der Waals surface area contributed by atoms with E-state index in [0.29, 0.717) is 23.1 Å². The topological polar surface area (TPSA) is 66.9 Å². The summed E-state index contributed by atoms with van der Waals surface area (Å²) in [7, 11) is 0. The molecule has 2 rings (SSSR count). The van der Waals surface area contributed by atoms with E-state index < -0.39 is 0 Å². The molecule has 0 unspecified atom stereocenters. The van der Waals surface area contributed by atoms with Gasteiger partial charge in [-0.25, -0.2) is 9.97 Å². The second kappa shape index (κ2) is 6.85. The van der Waals surface area contributed by atoms with Crippen molar-refractivity contribution in [2.45, 2.75) is 6.92 Å². The van der Waals surface area contributed by atoms with Crippen molar-refractivity contribution in [3.63, 3.8) is 0 Å². The summed E-state index contributed by atoms with van der Waals surface area (Å²) in [4.78, 5) is 20.2. The number of carbonyl (C=O) groups excluding carboxylic acids is 1. The van der Waals surface area contributed by atoms with Crippen LogP contribution in [0.3, 0.4) is 0 Å². The fourth-order valence-electron chi connectivity index (χ4n) is 1.58. The molecule has 0 radical (unpaired) electrons. The smallest absolute Gasteiger partial charge is 0.275 e. The third-order valence-corrected chi connectivity index (χ3v) is 3.15. The Bertz CT molecular complexity index is 655. The number of rotatable bonds is 5. The van der Waals surface area contributed by atoms with Gasteiger partial charge in [-0.2, -0.15) is 0 Å². The normalized spacial score (nSPS) is 10.0. The lowest BCUT2D eigenvalue weighted by atomic mass is 10.2. The minimum Gasteiger partial charge on any atom is -0.365 e. The minimum absolute atomic E-state index is 0.232. The maximum Gasteiger partial charge on any atom is 0.275 e. The molecule has 0 bridgehead atoms. The number of halogens is 1. The molecule has 1 heterocycles. The number of amides is 1. The molecule has 2 aromatic rings. The van der Waals surface area contributed by atoms with Crippen LogP contribution in [0.4, 0.5) is 11.5 Å². The van der Waals surface area contributed by atoms with Crippen LogP contribution in [-0.4, -0.2) is 22.4 Å². The number of aromatic nitrogens is 2. The summed E-state index contributed by atoms with van der Waals surface area (Å²) in [5.74, 6) is 0.252. The first-order valence-corrected chi connectivity index (χ1v) is 6.72. The predicted octanol–water partition coefficient (Wildman–Crippen LogP) is 3.29. The number of anilines is 2. The average molecular weight is 303 g/mol. The van der Waals surface area contributed by atoms with Crippen LogP contribution in [0.5, 0.6) is 0 Å². The first-order valence-electron chi connectivity index (χ1n) is 6.34. The van der Waals surface area contributed by atoms with Gasteiger partial charge in [0, 0.05) is 17.3 Å². The highest BCUT2D eigenvalue weighted by Crippen LogP contribution is 2.20. The molecule has 108 valence electrons. The van der Waals surface area contributed by atoms with Gasteiger partial charge >= 0.3 is 0 Å². The summed E-state index contributed by atoms with van der Waals surface area (Å²) in [6.45, 7) is 6.08. The zero-order valence-corrected chi connectivity index (χ0v) is 12.3. The Morgan fingerprint density at radius 3 is 2.81 bits per heavy atom. The lowest BCUT2D eigenvalue weighted by Crippen LogP contribution is -2.14. The number of aryl methyl sites for hydroxylation is 1.